The van der Waals surface area contributed by atoms with Crippen LogP contribution in [0.15, 0.2) is 0 Å². The molecule has 0 unspecified atom stereocenters. The molecule has 0 fully saturated rings. The molecule has 0 aliphatic carbocycles. The van der Waals surface area contributed by atoms with E-state index in [4.69, 9.17) is 4.74 Å². The van der Waals surface area contributed by atoms with Gasteiger partial charge in [-0.15, -0.1) is 0 Å². The van der Waals surface area contributed by atoms with Crippen molar-refractivity contribution in [2.24, 2.45) is 0 Å². The smallest absolute Gasteiger partial charge is 0.248 e. The van der Waals surface area contributed by atoms with Crippen molar-refractivity contribution >= 4 is 5.91 Å². The van der Waals surface area contributed by atoms with E-state index in [1.807, 2.05) is 6.92 Å². The van der Waals surface area contributed by atoms with Gasteiger partial charge in [-0.2, -0.15) is 0 Å². The highest BCUT2D eigenvalue weighted by Crippen LogP contribution is 2.03. The SMILES string of the molecule is CCCOCC(=O)N(C)CC(C)(C)O. The number of ether oxygens (including phenoxy) is 1. The third kappa shape index (κ3) is 6.86. The zero-order chi connectivity index (χ0) is 11.2. The van der Waals surface area contributed by atoms with Crippen LogP contribution < -0.4 is 0 Å². The van der Waals surface area contributed by atoms with Crippen molar-refractivity contribution in [2.75, 3.05) is 26.8 Å². The molecule has 0 heterocycles. The summed E-state index contributed by atoms with van der Waals surface area (Å²) in [5.74, 6) is -0.0967. The maximum absolute atomic E-state index is 11.4. The molecule has 1 N–H and O–H groups in total. The second kappa shape index (κ2) is 5.98. The lowest BCUT2D eigenvalue weighted by molar-refractivity contribution is -0.137. The maximum Gasteiger partial charge on any atom is 0.248 e. The molecule has 0 bridgehead atoms. The Kier molecular flexibility index (Phi) is 5.72. The molecule has 0 atom stereocenters. The van der Waals surface area contributed by atoms with Gasteiger partial charge in [0, 0.05) is 20.2 Å². The second-order valence-corrected chi connectivity index (χ2v) is 4.11. The summed E-state index contributed by atoms with van der Waals surface area (Å²) in [5.41, 5.74) is -0.852. The van der Waals surface area contributed by atoms with Gasteiger partial charge in [-0.05, 0) is 20.3 Å². The van der Waals surface area contributed by atoms with Gasteiger partial charge in [0.15, 0.2) is 0 Å². The summed E-state index contributed by atoms with van der Waals surface area (Å²) in [4.78, 5) is 12.9. The highest BCUT2D eigenvalue weighted by molar-refractivity contribution is 5.77. The molecule has 1 amide bonds. The van der Waals surface area contributed by atoms with E-state index >= 15 is 0 Å². The van der Waals surface area contributed by atoms with E-state index < -0.39 is 5.60 Å². The molecular weight excluding hydrogens is 182 g/mol. The minimum atomic E-state index is -0.852. The van der Waals surface area contributed by atoms with Gasteiger partial charge >= 0.3 is 0 Å². The molecule has 0 aromatic heterocycles. The molecule has 4 nitrogen and oxygen atoms in total. The van der Waals surface area contributed by atoms with Crippen molar-refractivity contribution in [2.45, 2.75) is 32.8 Å². The van der Waals surface area contributed by atoms with Gasteiger partial charge in [0.05, 0.1) is 5.60 Å². The normalized spacial score (nSPS) is 11.5. The molecular formula is C10H21NO3. The molecule has 0 saturated carbocycles. The standard InChI is InChI=1S/C10H21NO3/c1-5-6-14-7-9(12)11(4)8-10(2,3)13/h13H,5-8H2,1-4H3. The zero-order valence-electron chi connectivity index (χ0n) is 9.54. The fraction of sp³-hybridized carbons (Fsp3) is 0.900. The summed E-state index contributed by atoms with van der Waals surface area (Å²) >= 11 is 0. The first-order valence-corrected chi connectivity index (χ1v) is 4.91. The van der Waals surface area contributed by atoms with Crippen LogP contribution in [0.25, 0.3) is 0 Å². The van der Waals surface area contributed by atoms with E-state index in [0.717, 1.165) is 6.42 Å². The number of carbonyl (C=O) groups is 1. The Morgan fingerprint density at radius 2 is 2.07 bits per heavy atom. The van der Waals surface area contributed by atoms with Crippen molar-refractivity contribution < 1.29 is 14.6 Å². The Labute approximate surface area is 85.9 Å². The molecule has 4 heteroatoms. The monoisotopic (exact) mass is 203 g/mol. The first-order valence-electron chi connectivity index (χ1n) is 4.91. The van der Waals surface area contributed by atoms with E-state index in [0.29, 0.717) is 13.2 Å². The quantitative estimate of drug-likeness (QED) is 0.645. The molecule has 0 spiro atoms. The minimum Gasteiger partial charge on any atom is -0.389 e. The number of rotatable bonds is 6. The summed E-state index contributed by atoms with van der Waals surface area (Å²) in [6.07, 6.45) is 0.905. The Balaban J connectivity index is 3.77. The molecule has 0 aromatic carbocycles. The average molecular weight is 203 g/mol. The van der Waals surface area contributed by atoms with Crippen molar-refractivity contribution in [1.29, 1.82) is 0 Å². The number of amides is 1. The lowest BCUT2D eigenvalue weighted by Crippen LogP contribution is -2.41. The van der Waals surface area contributed by atoms with Gasteiger partial charge in [-0.3, -0.25) is 4.79 Å². The number of likely N-dealkylation sites (N-methyl/N-ethyl adjacent to an activating group) is 1. The van der Waals surface area contributed by atoms with Crippen molar-refractivity contribution in [1.82, 2.24) is 4.90 Å². The predicted molar refractivity (Wildman–Crippen MR) is 55.0 cm³/mol. The highest BCUT2D eigenvalue weighted by Gasteiger charge is 2.18. The summed E-state index contributed by atoms with van der Waals surface area (Å²) in [6, 6.07) is 0. The number of carbonyl (C=O) groups excluding carboxylic acids is 1. The largest absolute Gasteiger partial charge is 0.389 e. The van der Waals surface area contributed by atoms with Crippen molar-refractivity contribution in [3.8, 4) is 0 Å². The van der Waals surface area contributed by atoms with Crippen LogP contribution >= 0.6 is 0 Å². The molecule has 0 aliphatic heterocycles. The van der Waals surface area contributed by atoms with Gasteiger partial charge in [0.25, 0.3) is 0 Å². The minimum absolute atomic E-state index is 0.0967. The first-order chi connectivity index (χ1) is 6.37. The Morgan fingerprint density at radius 1 is 1.50 bits per heavy atom. The third-order valence-corrected chi connectivity index (χ3v) is 1.62. The zero-order valence-corrected chi connectivity index (χ0v) is 9.54. The van der Waals surface area contributed by atoms with Gasteiger partial charge < -0.3 is 14.7 Å². The summed E-state index contributed by atoms with van der Waals surface area (Å²) in [6.45, 7) is 6.35. The molecule has 84 valence electrons. The summed E-state index contributed by atoms with van der Waals surface area (Å²) < 4.78 is 5.11. The summed E-state index contributed by atoms with van der Waals surface area (Å²) in [5, 5.41) is 9.47. The Morgan fingerprint density at radius 3 is 2.50 bits per heavy atom. The predicted octanol–water partition coefficient (Wildman–Crippen LogP) is 0.642. The topological polar surface area (TPSA) is 49.8 Å². The van der Waals surface area contributed by atoms with Crippen molar-refractivity contribution in [3.05, 3.63) is 0 Å². The second-order valence-electron chi connectivity index (χ2n) is 4.11. The van der Waals surface area contributed by atoms with Crippen LogP contribution in [0.4, 0.5) is 0 Å². The number of nitrogens with zero attached hydrogens (tertiary/aromatic N) is 1. The summed E-state index contributed by atoms with van der Waals surface area (Å²) in [7, 11) is 1.66. The van der Waals surface area contributed by atoms with Crippen LogP contribution in [0.1, 0.15) is 27.2 Å². The van der Waals surface area contributed by atoms with Crippen LogP contribution in [0.5, 0.6) is 0 Å². The third-order valence-electron chi connectivity index (χ3n) is 1.62. The van der Waals surface area contributed by atoms with E-state index in [1.54, 1.807) is 20.9 Å². The molecule has 14 heavy (non-hydrogen) atoms. The molecule has 0 saturated heterocycles. The van der Waals surface area contributed by atoms with E-state index in [9.17, 15) is 9.90 Å². The van der Waals surface area contributed by atoms with Crippen LogP contribution in [0.2, 0.25) is 0 Å². The highest BCUT2D eigenvalue weighted by atomic mass is 16.5. The molecule has 0 radical (unpaired) electrons. The van der Waals surface area contributed by atoms with E-state index in [2.05, 4.69) is 0 Å². The number of aliphatic hydroxyl groups is 1. The van der Waals surface area contributed by atoms with E-state index in [1.165, 1.54) is 4.90 Å². The van der Waals surface area contributed by atoms with Crippen LogP contribution in [-0.2, 0) is 9.53 Å². The van der Waals surface area contributed by atoms with Gasteiger partial charge in [0.2, 0.25) is 5.91 Å². The molecule has 0 aromatic rings. The lowest BCUT2D eigenvalue weighted by Gasteiger charge is -2.25. The number of hydrogen-bond donors (Lipinski definition) is 1. The average Bonchev–Trinajstić information content (AvgIpc) is 2.01. The van der Waals surface area contributed by atoms with Gasteiger partial charge in [0.1, 0.15) is 6.61 Å². The van der Waals surface area contributed by atoms with E-state index in [-0.39, 0.29) is 12.5 Å². The lowest BCUT2D eigenvalue weighted by atomic mass is 10.1. The fourth-order valence-electron chi connectivity index (χ4n) is 1.08. The van der Waals surface area contributed by atoms with Crippen LogP contribution in [0.3, 0.4) is 0 Å². The van der Waals surface area contributed by atoms with Crippen LogP contribution in [0, 0.1) is 0 Å². The first kappa shape index (κ1) is 13.4. The van der Waals surface area contributed by atoms with Gasteiger partial charge in [-0.1, -0.05) is 6.92 Å². The maximum atomic E-state index is 11.4. The Bertz CT molecular complexity index is 175. The molecule has 0 aliphatic rings. The van der Waals surface area contributed by atoms with Gasteiger partial charge in [-0.25, -0.2) is 0 Å². The number of hydrogen-bond acceptors (Lipinski definition) is 3. The van der Waals surface area contributed by atoms with Crippen molar-refractivity contribution in [3.63, 3.8) is 0 Å². The molecule has 0 rings (SSSR count). The Hall–Kier alpha value is -0.610. The fourth-order valence-corrected chi connectivity index (χ4v) is 1.08. The van der Waals surface area contributed by atoms with Crippen LogP contribution in [-0.4, -0.2) is 48.3 Å².